The molecule has 0 spiro atoms. The largest absolute Gasteiger partial charge is 0.463 e. The standard InChI is InChI=1S/C26H44N4O8/c1-8-37-20(32)10-9-18(14-17-11-12-27-22(17)33)28-23(34)19(13-15(2)3)29-24(35)21(16(4)31)30-25(36)38-26(5,6)7/h9-10,15-19,21,31H,8,11-14H2,1-7H3,(H,27,33)(H,28,34)(H,29,35)(H,30,36)/b10-9+. The van der Waals surface area contributed by atoms with Crippen molar-refractivity contribution in [2.75, 3.05) is 13.2 Å². The van der Waals surface area contributed by atoms with E-state index in [9.17, 15) is 29.1 Å². The average Bonchev–Trinajstić information content (AvgIpc) is 3.17. The molecule has 0 aromatic carbocycles. The zero-order chi connectivity index (χ0) is 29.0. The van der Waals surface area contributed by atoms with Crippen molar-refractivity contribution in [3.63, 3.8) is 0 Å². The lowest BCUT2D eigenvalue weighted by Gasteiger charge is -2.28. The van der Waals surface area contributed by atoms with Crippen molar-refractivity contribution >= 4 is 29.8 Å². The van der Waals surface area contributed by atoms with Crippen molar-refractivity contribution in [3.05, 3.63) is 12.2 Å². The fraction of sp³-hybridized carbons (Fsp3) is 0.731. The van der Waals surface area contributed by atoms with Crippen molar-refractivity contribution in [2.24, 2.45) is 11.8 Å². The van der Waals surface area contributed by atoms with Crippen LogP contribution < -0.4 is 21.3 Å². The highest BCUT2D eigenvalue weighted by molar-refractivity contribution is 5.92. The van der Waals surface area contributed by atoms with Gasteiger partial charge in [0.25, 0.3) is 0 Å². The Kier molecular flexibility index (Phi) is 13.2. The van der Waals surface area contributed by atoms with Gasteiger partial charge in [-0.05, 0) is 59.8 Å². The number of carbonyl (C=O) groups excluding carboxylic acids is 5. The second-order valence-corrected chi connectivity index (χ2v) is 10.8. The summed E-state index contributed by atoms with van der Waals surface area (Å²) in [6.45, 7) is 12.5. The second-order valence-electron chi connectivity index (χ2n) is 10.8. The number of alkyl carbamates (subject to hydrolysis) is 1. The number of ether oxygens (including phenoxy) is 2. The topological polar surface area (TPSA) is 172 Å². The minimum Gasteiger partial charge on any atom is -0.463 e. The van der Waals surface area contributed by atoms with Crippen LogP contribution in [0.4, 0.5) is 4.79 Å². The number of aliphatic hydroxyl groups excluding tert-OH is 1. The molecule has 0 bridgehead atoms. The molecule has 38 heavy (non-hydrogen) atoms. The van der Waals surface area contributed by atoms with Crippen LogP contribution in [0.5, 0.6) is 0 Å². The highest BCUT2D eigenvalue weighted by atomic mass is 16.6. The molecule has 5 atom stereocenters. The smallest absolute Gasteiger partial charge is 0.408 e. The molecule has 1 fully saturated rings. The van der Waals surface area contributed by atoms with Crippen LogP contribution in [0.2, 0.25) is 0 Å². The van der Waals surface area contributed by atoms with Crippen LogP contribution in [-0.2, 0) is 28.7 Å². The molecule has 12 heteroatoms. The Bertz CT molecular complexity index is 866. The van der Waals surface area contributed by atoms with Crippen LogP contribution in [0, 0.1) is 11.8 Å². The molecule has 1 rings (SSSR count). The number of hydrogen-bond acceptors (Lipinski definition) is 8. The van der Waals surface area contributed by atoms with Crippen molar-refractivity contribution in [1.29, 1.82) is 0 Å². The molecule has 5 unspecified atom stereocenters. The van der Waals surface area contributed by atoms with Gasteiger partial charge in [-0.1, -0.05) is 19.9 Å². The van der Waals surface area contributed by atoms with Crippen molar-refractivity contribution in [3.8, 4) is 0 Å². The molecule has 1 heterocycles. The molecular weight excluding hydrogens is 496 g/mol. The third-order valence-corrected chi connectivity index (χ3v) is 5.56. The van der Waals surface area contributed by atoms with Gasteiger partial charge < -0.3 is 35.8 Å². The fourth-order valence-electron chi connectivity index (χ4n) is 3.83. The Morgan fingerprint density at radius 1 is 1.11 bits per heavy atom. The molecule has 0 aromatic heterocycles. The van der Waals surface area contributed by atoms with Gasteiger partial charge in [0.2, 0.25) is 17.7 Å². The number of aliphatic hydroxyl groups is 1. The fourth-order valence-corrected chi connectivity index (χ4v) is 3.83. The van der Waals surface area contributed by atoms with Gasteiger partial charge in [-0.15, -0.1) is 0 Å². The summed E-state index contributed by atoms with van der Waals surface area (Å²) in [6, 6.07) is -3.06. The van der Waals surface area contributed by atoms with E-state index in [4.69, 9.17) is 9.47 Å². The van der Waals surface area contributed by atoms with E-state index in [1.807, 2.05) is 13.8 Å². The maximum atomic E-state index is 13.3. The third kappa shape index (κ3) is 12.4. The van der Waals surface area contributed by atoms with E-state index >= 15 is 0 Å². The molecule has 5 N–H and O–H groups in total. The first kappa shape index (κ1) is 32.9. The molecule has 216 valence electrons. The first-order chi connectivity index (χ1) is 17.6. The van der Waals surface area contributed by atoms with E-state index in [0.717, 1.165) is 0 Å². The summed E-state index contributed by atoms with van der Waals surface area (Å²) >= 11 is 0. The number of esters is 1. The van der Waals surface area contributed by atoms with E-state index in [1.54, 1.807) is 27.7 Å². The van der Waals surface area contributed by atoms with Gasteiger partial charge in [0.15, 0.2) is 0 Å². The van der Waals surface area contributed by atoms with Gasteiger partial charge >= 0.3 is 12.1 Å². The molecule has 0 radical (unpaired) electrons. The molecular formula is C26H44N4O8. The highest BCUT2D eigenvalue weighted by Crippen LogP contribution is 2.17. The number of amides is 4. The third-order valence-electron chi connectivity index (χ3n) is 5.56. The summed E-state index contributed by atoms with van der Waals surface area (Å²) in [7, 11) is 0. The van der Waals surface area contributed by atoms with Crippen LogP contribution in [0.15, 0.2) is 12.2 Å². The van der Waals surface area contributed by atoms with Gasteiger partial charge in [0, 0.05) is 24.6 Å². The van der Waals surface area contributed by atoms with E-state index in [2.05, 4.69) is 21.3 Å². The van der Waals surface area contributed by atoms with E-state index < -0.39 is 53.7 Å². The number of rotatable bonds is 13. The molecule has 1 aliphatic heterocycles. The quantitative estimate of drug-likeness (QED) is 0.169. The zero-order valence-corrected chi connectivity index (χ0v) is 23.5. The van der Waals surface area contributed by atoms with Crippen molar-refractivity contribution < 1.29 is 38.6 Å². The Morgan fingerprint density at radius 3 is 2.26 bits per heavy atom. The minimum absolute atomic E-state index is 0.00370. The van der Waals surface area contributed by atoms with Crippen LogP contribution in [0.1, 0.15) is 67.7 Å². The summed E-state index contributed by atoms with van der Waals surface area (Å²) < 4.78 is 10.1. The lowest BCUT2D eigenvalue weighted by Crippen LogP contribution is -2.58. The van der Waals surface area contributed by atoms with Crippen molar-refractivity contribution in [1.82, 2.24) is 21.3 Å². The molecule has 0 aromatic rings. The van der Waals surface area contributed by atoms with Crippen LogP contribution in [0.3, 0.4) is 0 Å². The monoisotopic (exact) mass is 540 g/mol. The maximum absolute atomic E-state index is 13.3. The normalized spacial score (nSPS) is 18.8. The molecule has 0 aliphatic carbocycles. The first-order valence-electron chi connectivity index (χ1n) is 13.0. The molecule has 1 aliphatic rings. The molecule has 0 saturated carbocycles. The van der Waals surface area contributed by atoms with Gasteiger partial charge in [0.1, 0.15) is 17.7 Å². The first-order valence-corrected chi connectivity index (χ1v) is 13.0. The predicted molar refractivity (Wildman–Crippen MR) is 140 cm³/mol. The minimum atomic E-state index is -1.37. The van der Waals surface area contributed by atoms with E-state index in [1.165, 1.54) is 19.1 Å². The summed E-state index contributed by atoms with van der Waals surface area (Å²) in [5.41, 5.74) is -0.813. The van der Waals surface area contributed by atoms with Crippen molar-refractivity contribution in [2.45, 2.75) is 97.6 Å². The Labute approximate surface area is 224 Å². The number of nitrogens with one attached hydrogen (secondary N) is 4. The summed E-state index contributed by atoms with van der Waals surface area (Å²) in [4.78, 5) is 62.5. The van der Waals surface area contributed by atoms with E-state index in [-0.39, 0.29) is 37.2 Å². The van der Waals surface area contributed by atoms with Gasteiger partial charge in [0.05, 0.1) is 12.7 Å². The highest BCUT2D eigenvalue weighted by Gasteiger charge is 2.33. The summed E-state index contributed by atoms with van der Waals surface area (Å²) in [5, 5.41) is 20.7. The lowest BCUT2D eigenvalue weighted by atomic mass is 9.96. The zero-order valence-electron chi connectivity index (χ0n) is 23.5. The SMILES string of the molecule is CCOC(=O)/C=C/C(CC1CCNC1=O)NC(=O)C(CC(C)C)NC(=O)C(NC(=O)OC(C)(C)C)C(C)O. The molecule has 12 nitrogen and oxygen atoms in total. The van der Waals surface area contributed by atoms with Crippen LogP contribution >= 0.6 is 0 Å². The average molecular weight is 541 g/mol. The molecule has 4 amide bonds. The van der Waals surface area contributed by atoms with Crippen LogP contribution in [-0.4, -0.2) is 77.9 Å². The van der Waals surface area contributed by atoms with Gasteiger partial charge in [-0.25, -0.2) is 9.59 Å². The Morgan fingerprint density at radius 2 is 1.76 bits per heavy atom. The lowest BCUT2D eigenvalue weighted by molar-refractivity contribution is -0.137. The maximum Gasteiger partial charge on any atom is 0.408 e. The Hall–Kier alpha value is -3.15. The second kappa shape index (κ2) is 15.3. The van der Waals surface area contributed by atoms with Crippen LogP contribution in [0.25, 0.3) is 0 Å². The van der Waals surface area contributed by atoms with Gasteiger partial charge in [-0.3, -0.25) is 14.4 Å². The van der Waals surface area contributed by atoms with Gasteiger partial charge in [-0.2, -0.15) is 0 Å². The summed E-state index contributed by atoms with van der Waals surface area (Å²) in [5.74, 6) is -2.35. The number of carbonyl (C=O) groups is 5. The number of hydrogen-bond donors (Lipinski definition) is 5. The Balaban J connectivity index is 3.04. The van der Waals surface area contributed by atoms with E-state index in [0.29, 0.717) is 13.0 Å². The summed E-state index contributed by atoms with van der Waals surface area (Å²) in [6.07, 6.45) is 1.62. The molecule has 1 saturated heterocycles. The predicted octanol–water partition coefficient (Wildman–Crippen LogP) is 0.922.